The van der Waals surface area contributed by atoms with Crippen molar-refractivity contribution in [3.05, 3.63) is 90.5 Å². The van der Waals surface area contributed by atoms with Gasteiger partial charge in [-0.15, -0.1) is 0 Å². The van der Waals surface area contributed by atoms with Gasteiger partial charge in [0, 0.05) is 12.2 Å². The summed E-state index contributed by atoms with van der Waals surface area (Å²) < 4.78 is 5.19. The Morgan fingerprint density at radius 3 is 2.16 bits per heavy atom. The van der Waals surface area contributed by atoms with Crippen molar-refractivity contribution in [1.82, 2.24) is 4.90 Å². The lowest BCUT2D eigenvalue weighted by Crippen LogP contribution is -2.37. The fraction of sp³-hybridized carbons (Fsp3) is 0.160. The van der Waals surface area contributed by atoms with Crippen LogP contribution in [-0.2, 0) is 16.1 Å². The number of carbonyl (C=O) groups is 3. The summed E-state index contributed by atoms with van der Waals surface area (Å²) in [6.07, 6.45) is -0.140. The highest BCUT2D eigenvalue weighted by Crippen LogP contribution is 2.28. The Kier molecular flexibility index (Phi) is 6.17. The van der Waals surface area contributed by atoms with Crippen LogP contribution in [0.5, 0.6) is 5.75 Å². The van der Waals surface area contributed by atoms with Crippen molar-refractivity contribution in [2.24, 2.45) is 0 Å². The normalized spacial score (nSPS) is 15.7. The van der Waals surface area contributed by atoms with E-state index in [1.807, 2.05) is 36.4 Å². The molecule has 32 heavy (non-hydrogen) atoms. The number of rotatable bonds is 7. The third kappa shape index (κ3) is 4.46. The molecule has 3 aromatic carbocycles. The first-order valence-electron chi connectivity index (χ1n) is 10.2. The standard InChI is InChI=1S/C25H23N3O4/c1-32-21-14-12-18(13-15-21)17-27-22(16-23(29)26-19-8-4-2-5-9-19)24(30)28(25(27)31)20-10-6-3-7-11-20/h2-15,22H,16-17H2,1H3,(H,26,29)/t22-/m0/s1. The molecule has 7 heteroatoms. The maximum absolute atomic E-state index is 13.3. The molecule has 1 fully saturated rings. The summed E-state index contributed by atoms with van der Waals surface area (Å²) in [5, 5.41) is 2.79. The number of hydrogen-bond donors (Lipinski definition) is 1. The van der Waals surface area contributed by atoms with Gasteiger partial charge < -0.3 is 15.0 Å². The lowest BCUT2D eigenvalue weighted by atomic mass is 10.1. The van der Waals surface area contributed by atoms with E-state index in [9.17, 15) is 14.4 Å². The molecule has 1 heterocycles. The van der Waals surface area contributed by atoms with Gasteiger partial charge in [-0.25, -0.2) is 9.69 Å². The third-order valence-corrected chi connectivity index (χ3v) is 5.28. The number of ether oxygens (including phenoxy) is 1. The van der Waals surface area contributed by atoms with Gasteiger partial charge in [0.05, 0.1) is 19.2 Å². The first-order valence-corrected chi connectivity index (χ1v) is 10.2. The maximum Gasteiger partial charge on any atom is 0.332 e. The number of nitrogens with zero attached hydrogens (tertiary/aromatic N) is 2. The van der Waals surface area contributed by atoms with Crippen molar-refractivity contribution >= 4 is 29.2 Å². The van der Waals surface area contributed by atoms with E-state index >= 15 is 0 Å². The Hall–Kier alpha value is -4.13. The van der Waals surface area contributed by atoms with Gasteiger partial charge in [0.15, 0.2) is 0 Å². The number of hydrogen-bond acceptors (Lipinski definition) is 4. The van der Waals surface area contributed by atoms with E-state index in [1.165, 1.54) is 4.90 Å². The lowest BCUT2D eigenvalue weighted by Gasteiger charge is -2.22. The molecule has 1 aliphatic rings. The molecular weight excluding hydrogens is 406 g/mol. The largest absolute Gasteiger partial charge is 0.497 e. The molecule has 4 amide bonds. The lowest BCUT2D eigenvalue weighted by molar-refractivity contribution is -0.124. The van der Waals surface area contributed by atoms with Crippen molar-refractivity contribution in [2.75, 3.05) is 17.3 Å². The smallest absolute Gasteiger partial charge is 0.332 e. The SMILES string of the molecule is COc1ccc(CN2C(=O)N(c3ccccc3)C(=O)[C@@H]2CC(=O)Nc2ccccc2)cc1. The molecule has 1 atom stereocenters. The number of imide groups is 1. The molecule has 0 bridgehead atoms. The molecule has 1 aliphatic heterocycles. The Balaban J connectivity index is 1.59. The van der Waals surface area contributed by atoms with Gasteiger partial charge in [-0.05, 0) is 42.0 Å². The van der Waals surface area contributed by atoms with Crippen molar-refractivity contribution in [1.29, 1.82) is 0 Å². The van der Waals surface area contributed by atoms with Gasteiger partial charge in [0.1, 0.15) is 11.8 Å². The zero-order valence-corrected chi connectivity index (χ0v) is 17.6. The van der Waals surface area contributed by atoms with Crippen LogP contribution in [0.25, 0.3) is 0 Å². The van der Waals surface area contributed by atoms with E-state index in [4.69, 9.17) is 4.74 Å². The van der Waals surface area contributed by atoms with E-state index in [-0.39, 0.29) is 18.9 Å². The highest BCUT2D eigenvalue weighted by molar-refractivity contribution is 6.22. The molecule has 0 spiro atoms. The first kappa shape index (κ1) is 21.1. The fourth-order valence-corrected chi connectivity index (χ4v) is 3.67. The Bertz CT molecular complexity index is 1100. The molecular formula is C25H23N3O4. The maximum atomic E-state index is 13.3. The van der Waals surface area contributed by atoms with Crippen LogP contribution in [-0.4, -0.2) is 35.9 Å². The number of methoxy groups -OCH3 is 1. The second-order valence-electron chi connectivity index (χ2n) is 7.40. The van der Waals surface area contributed by atoms with Crippen molar-refractivity contribution < 1.29 is 19.1 Å². The molecule has 1 N–H and O–H groups in total. The number of anilines is 2. The van der Waals surface area contributed by atoms with Gasteiger partial charge in [-0.2, -0.15) is 0 Å². The Morgan fingerprint density at radius 2 is 1.53 bits per heavy atom. The monoisotopic (exact) mass is 429 g/mol. The van der Waals surface area contributed by atoms with E-state index in [2.05, 4.69) is 5.32 Å². The first-order chi connectivity index (χ1) is 15.6. The summed E-state index contributed by atoms with van der Waals surface area (Å²) in [5.41, 5.74) is 1.94. The summed E-state index contributed by atoms with van der Waals surface area (Å²) in [5.74, 6) is -0.0582. The third-order valence-electron chi connectivity index (χ3n) is 5.28. The van der Waals surface area contributed by atoms with Crippen LogP contribution in [0.3, 0.4) is 0 Å². The molecule has 4 rings (SSSR count). The zero-order valence-electron chi connectivity index (χ0n) is 17.6. The van der Waals surface area contributed by atoms with E-state index in [0.29, 0.717) is 17.1 Å². The van der Waals surface area contributed by atoms with Crippen LogP contribution in [0.15, 0.2) is 84.9 Å². The Labute approximate surface area is 186 Å². The second kappa shape index (κ2) is 9.34. The quantitative estimate of drug-likeness (QED) is 0.575. The van der Waals surface area contributed by atoms with Crippen LogP contribution >= 0.6 is 0 Å². The van der Waals surface area contributed by atoms with Crippen LogP contribution in [0.1, 0.15) is 12.0 Å². The van der Waals surface area contributed by atoms with Crippen LogP contribution in [0.4, 0.5) is 16.2 Å². The molecule has 1 saturated heterocycles. The minimum absolute atomic E-state index is 0.140. The molecule has 0 radical (unpaired) electrons. The Morgan fingerprint density at radius 1 is 0.906 bits per heavy atom. The minimum Gasteiger partial charge on any atom is -0.497 e. The molecule has 0 aromatic heterocycles. The minimum atomic E-state index is -0.909. The van der Waals surface area contributed by atoms with E-state index < -0.39 is 18.0 Å². The topological polar surface area (TPSA) is 79.0 Å². The summed E-state index contributed by atoms with van der Waals surface area (Å²) in [6.45, 7) is 0.196. The summed E-state index contributed by atoms with van der Waals surface area (Å²) in [6, 6.07) is 23.7. The molecule has 162 valence electrons. The van der Waals surface area contributed by atoms with E-state index in [1.54, 1.807) is 55.6 Å². The van der Waals surface area contributed by atoms with Crippen LogP contribution < -0.4 is 15.0 Å². The zero-order chi connectivity index (χ0) is 22.5. The molecule has 7 nitrogen and oxygen atoms in total. The highest BCUT2D eigenvalue weighted by Gasteiger charge is 2.46. The van der Waals surface area contributed by atoms with Gasteiger partial charge in [0.25, 0.3) is 5.91 Å². The molecule has 3 aromatic rings. The number of benzene rings is 3. The fourth-order valence-electron chi connectivity index (χ4n) is 3.67. The van der Waals surface area contributed by atoms with Crippen molar-refractivity contribution in [3.63, 3.8) is 0 Å². The van der Waals surface area contributed by atoms with Gasteiger partial charge in [0.2, 0.25) is 5.91 Å². The summed E-state index contributed by atoms with van der Waals surface area (Å²) in [4.78, 5) is 41.8. The number of nitrogens with one attached hydrogen (secondary N) is 1. The van der Waals surface area contributed by atoms with Gasteiger partial charge >= 0.3 is 6.03 Å². The average Bonchev–Trinajstić information content (AvgIpc) is 3.04. The van der Waals surface area contributed by atoms with Crippen molar-refractivity contribution in [3.8, 4) is 5.75 Å². The molecule has 0 unspecified atom stereocenters. The summed E-state index contributed by atoms with van der Waals surface area (Å²) in [7, 11) is 1.58. The highest BCUT2D eigenvalue weighted by atomic mass is 16.5. The predicted octanol–water partition coefficient (Wildman–Crippen LogP) is 4.06. The van der Waals surface area contributed by atoms with Gasteiger partial charge in [-0.1, -0.05) is 48.5 Å². The van der Waals surface area contributed by atoms with E-state index in [0.717, 1.165) is 10.5 Å². The molecule has 0 aliphatic carbocycles. The van der Waals surface area contributed by atoms with Crippen LogP contribution in [0, 0.1) is 0 Å². The average molecular weight is 429 g/mol. The second-order valence-corrected chi connectivity index (χ2v) is 7.40. The van der Waals surface area contributed by atoms with Gasteiger partial charge in [-0.3, -0.25) is 9.59 Å². The number of urea groups is 1. The van der Waals surface area contributed by atoms with Crippen molar-refractivity contribution in [2.45, 2.75) is 19.0 Å². The molecule has 0 saturated carbocycles. The number of para-hydroxylation sites is 2. The number of carbonyl (C=O) groups excluding carboxylic acids is 3. The number of amides is 4. The summed E-state index contributed by atoms with van der Waals surface area (Å²) >= 11 is 0. The van der Waals surface area contributed by atoms with Crippen LogP contribution in [0.2, 0.25) is 0 Å². The predicted molar refractivity (Wildman–Crippen MR) is 121 cm³/mol.